The number of carbonyl (C=O) groups excluding carboxylic acids is 1. The first kappa shape index (κ1) is 18.3. The molecule has 3 nitrogen and oxygen atoms in total. The summed E-state index contributed by atoms with van der Waals surface area (Å²) in [4.78, 5) is 12.2. The molecule has 0 radical (unpaired) electrons. The van der Waals surface area contributed by atoms with Crippen molar-refractivity contribution in [3.8, 4) is 16.9 Å². The van der Waals surface area contributed by atoms with Crippen LogP contribution in [0, 0.1) is 0 Å². The molecule has 1 amide bonds. The Morgan fingerprint density at radius 3 is 2.42 bits per heavy atom. The van der Waals surface area contributed by atoms with Gasteiger partial charge in [-0.05, 0) is 23.8 Å². The monoisotopic (exact) mass is 385 g/mol. The SMILES string of the molecule is O=C(NCCOc1ccccc1-c1ccccc1)c1cccc(Cl)c1Cl. The summed E-state index contributed by atoms with van der Waals surface area (Å²) >= 11 is 12.0. The molecular weight excluding hydrogens is 369 g/mol. The first-order valence-corrected chi connectivity index (χ1v) is 8.92. The molecule has 0 aliphatic heterocycles. The minimum atomic E-state index is -0.280. The molecule has 3 rings (SSSR count). The molecule has 0 saturated heterocycles. The molecule has 0 spiro atoms. The quantitative estimate of drug-likeness (QED) is 0.571. The standard InChI is InChI=1S/C21H17Cl2NO2/c22-18-11-6-10-17(20(18)23)21(25)24-13-14-26-19-12-5-4-9-16(19)15-7-2-1-3-8-15/h1-12H,13-14H2,(H,24,25). The lowest BCUT2D eigenvalue weighted by Crippen LogP contribution is -2.28. The van der Waals surface area contributed by atoms with Crippen molar-refractivity contribution >= 4 is 29.1 Å². The molecule has 5 heteroatoms. The molecule has 26 heavy (non-hydrogen) atoms. The second-order valence-corrected chi connectivity index (χ2v) is 6.35. The van der Waals surface area contributed by atoms with Crippen LogP contribution in [-0.4, -0.2) is 19.1 Å². The van der Waals surface area contributed by atoms with Gasteiger partial charge >= 0.3 is 0 Å². The van der Waals surface area contributed by atoms with E-state index in [2.05, 4.69) is 5.32 Å². The number of amides is 1. The largest absolute Gasteiger partial charge is 0.491 e. The number of nitrogens with one attached hydrogen (secondary N) is 1. The van der Waals surface area contributed by atoms with Crippen LogP contribution >= 0.6 is 23.2 Å². The fourth-order valence-corrected chi connectivity index (χ4v) is 2.93. The van der Waals surface area contributed by atoms with Crippen molar-refractivity contribution in [2.45, 2.75) is 0 Å². The third-order valence-corrected chi connectivity index (χ3v) is 4.63. The van der Waals surface area contributed by atoms with Gasteiger partial charge in [-0.1, -0.05) is 77.8 Å². The van der Waals surface area contributed by atoms with Crippen LogP contribution in [0.25, 0.3) is 11.1 Å². The number of halogens is 2. The average molecular weight is 386 g/mol. The predicted octanol–water partition coefficient (Wildman–Crippen LogP) is 5.47. The number of carbonyl (C=O) groups is 1. The topological polar surface area (TPSA) is 38.3 Å². The van der Waals surface area contributed by atoms with Crippen LogP contribution in [-0.2, 0) is 0 Å². The van der Waals surface area contributed by atoms with Crippen molar-refractivity contribution in [3.63, 3.8) is 0 Å². The zero-order chi connectivity index (χ0) is 18.4. The number of ether oxygens (including phenoxy) is 1. The lowest BCUT2D eigenvalue weighted by Gasteiger charge is -2.12. The number of para-hydroxylation sites is 1. The van der Waals surface area contributed by atoms with Crippen LogP contribution in [0.4, 0.5) is 0 Å². The van der Waals surface area contributed by atoms with Gasteiger partial charge in [-0.15, -0.1) is 0 Å². The van der Waals surface area contributed by atoms with Gasteiger partial charge in [-0.2, -0.15) is 0 Å². The highest BCUT2D eigenvalue weighted by Crippen LogP contribution is 2.29. The number of hydrogen-bond acceptors (Lipinski definition) is 2. The van der Waals surface area contributed by atoms with Gasteiger partial charge in [0.05, 0.1) is 22.2 Å². The van der Waals surface area contributed by atoms with Crippen molar-refractivity contribution in [1.29, 1.82) is 0 Å². The smallest absolute Gasteiger partial charge is 0.252 e. The molecule has 3 aromatic rings. The molecule has 0 aliphatic rings. The molecule has 3 aromatic carbocycles. The molecule has 0 aliphatic carbocycles. The van der Waals surface area contributed by atoms with E-state index in [1.165, 1.54) is 0 Å². The van der Waals surface area contributed by atoms with E-state index in [0.29, 0.717) is 23.7 Å². The highest BCUT2D eigenvalue weighted by molar-refractivity contribution is 6.43. The van der Waals surface area contributed by atoms with Gasteiger partial charge in [0, 0.05) is 5.56 Å². The summed E-state index contributed by atoms with van der Waals surface area (Å²) in [6.07, 6.45) is 0. The molecule has 1 N–H and O–H groups in total. The van der Waals surface area contributed by atoms with Crippen LogP contribution in [0.1, 0.15) is 10.4 Å². The van der Waals surface area contributed by atoms with Gasteiger partial charge in [0.25, 0.3) is 5.91 Å². The van der Waals surface area contributed by atoms with Crippen LogP contribution in [0.15, 0.2) is 72.8 Å². The van der Waals surface area contributed by atoms with Crippen LogP contribution in [0.2, 0.25) is 10.0 Å². The Bertz CT molecular complexity index is 898. The second-order valence-electron chi connectivity index (χ2n) is 5.57. The van der Waals surface area contributed by atoms with E-state index in [0.717, 1.165) is 16.9 Å². The predicted molar refractivity (Wildman–Crippen MR) is 106 cm³/mol. The van der Waals surface area contributed by atoms with E-state index in [1.54, 1.807) is 18.2 Å². The van der Waals surface area contributed by atoms with Crippen LogP contribution in [0.3, 0.4) is 0 Å². The molecule has 0 heterocycles. The zero-order valence-corrected chi connectivity index (χ0v) is 15.4. The molecule has 0 aromatic heterocycles. The molecule has 0 fully saturated rings. The first-order valence-electron chi connectivity index (χ1n) is 8.16. The Kier molecular flexibility index (Phi) is 6.16. The minimum Gasteiger partial charge on any atom is -0.491 e. The molecule has 0 bridgehead atoms. The first-order chi connectivity index (χ1) is 12.7. The average Bonchev–Trinajstić information content (AvgIpc) is 2.68. The second kappa shape index (κ2) is 8.75. The normalized spacial score (nSPS) is 10.4. The highest BCUT2D eigenvalue weighted by atomic mass is 35.5. The summed E-state index contributed by atoms with van der Waals surface area (Å²) in [7, 11) is 0. The van der Waals surface area contributed by atoms with E-state index in [4.69, 9.17) is 27.9 Å². The molecule has 132 valence electrons. The summed E-state index contributed by atoms with van der Waals surface area (Å²) in [6.45, 7) is 0.693. The van der Waals surface area contributed by atoms with E-state index in [-0.39, 0.29) is 10.9 Å². The molecule has 0 atom stereocenters. The van der Waals surface area contributed by atoms with Crippen molar-refractivity contribution in [2.75, 3.05) is 13.2 Å². The Balaban J connectivity index is 1.59. The third kappa shape index (κ3) is 4.37. The van der Waals surface area contributed by atoms with Gasteiger partial charge in [-0.3, -0.25) is 4.79 Å². The highest BCUT2D eigenvalue weighted by Gasteiger charge is 2.12. The number of rotatable bonds is 6. The molecule has 0 saturated carbocycles. The molecular formula is C21H17Cl2NO2. The lowest BCUT2D eigenvalue weighted by molar-refractivity contribution is 0.0947. The van der Waals surface area contributed by atoms with Crippen LogP contribution in [0.5, 0.6) is 5.75 Å². The lowest BCUT2D eigenvalue weighted by atomic mass is 10.1. The van der Waals surface area contributed by atoms with Crippen molar-refractivity contribution < 1.29 is 9.53 Å². The number of benzene rings is 3. The van der Waals surface area contributed by atoms with Gasteiger partial charge in [0.1, 0.15) is 12.4 Å². The summed E-state index contributed by atoms with van der Waals surface area (Å²) < 4.78 is 5.86. The zero-order valence-electron chi connectivity index (χ0n) is 13.9. The van der Waals surface area contributed by atoms with Crippen molar-refractivity contribution in [2.24, 2.45) is 0 Å². The van der Waals surface area contributed by atoms with Crippen molar-refractivity contribution in [3.05, 3.63) is 88.4 Å². The van der Waals surface area contributed by atoms with Crippen LogP contribution < -0.4 is 10.1 Å². The Labute approximate surface area is 162 Å². The summed E-state index contributed by atoms with van der Waals surface area (Å²) in [5.74, 6) is 0.492. The Morgan fingerprint density at radius 2 is 1.62 bits per heavy atom. The maximum Gasteiger partial charge on any atom is 0.252 e. The van der Waals surface area contributed by atoms with Crippen molar-refractivity contribution in [1.82, 2.24) is 5.32 Å². The Hall–Kier alpha value is -2.49. The van der Waals surface area contributed by atoms with Gasteiger partial charge in [0.15, 0.2) is 0 Å². The van der Waals surface area contributed by atoms with Gasteiger partial charge < -0.3 is 10.1 Å². The van der Waals surface area contributed by atoms with E-state index in [1.807, 2.05) is 54.6 Å². The van der Waals surface area contributed by atoms with E-state index < -0.39 is 0 Å². The third-order valence-electron chi connectivity index (χ3n) is 3.81. The fraction of sp³-hybridized carbons (Fsp3) is 0.0952. The fourth-order valence-electron chi connectivity index (χ4n) is 2.55. The van der Waals surface area contributed by atoms with E-state index in [9.17, 15) is 4.79 Å². The summed E-state index contributed by atoms with van der Waals surface area (Å²) in [5.41, 5.74) is 2.44. The maximum atomic E-state index is 12.2. The summed E-state index contributed by atoms with van der Waals surface area (Å²) in [6, 6.07) is 22.8. The van der Waals surface area contributed by atoms with Gasteiger partial charge in [-0.25, -0.2) is 0 Å². The summed E-state index contributed by atoms with van der Waals surface area (Å²) in [5, 5.41) is 3.40. The van der Waals surface area contributed by atoms with E-state index >= 15 is 0 Å². The maximum absolute atomic E-state index is 12.2. The number of hydrogen-bond donors (Lipinski definition) is 1. The molecule has 0 unspecified atom stereocenters. The minimum absolute atomic E-state index is 0.252. The van der Waals surface area contributed by atoms with Gasteiger partial charge in [0.2, 0.25) is 0 Å². The Morgan fingerprint density at radius 1 is 0.885 bits per heavy atom.